The molecule has 29 heavy (non-hydrogen) atoms. The van der Waals surface area contributed by atoms with Gasteiger partial charge in [0.25, 0.3) is 5.91 Å². The lowest BCUT2D eigenvalue weighted by molar-refractivity contribution is 0.0141. The van der Waals surface area contributed by atoms with E-state index in [-0.39, 0.29) is 12.0 Å². The van der Waals surface area contributed by atoms with Crippen molar-refractivity contribution in [1.82, 2.24) is 14.8 Å². The smallest absolute Gasteiger partial charge is 0.410 e. The van der Waals surface area contributed by atoms with Gasteiger partial charge in [-0.15, -0.1) is 11.3 Å². The van der Waals surface area contributed by atoms with E-state index in [9.17, 15) is 9.59 Å². The molecule has 0 saturated carbocycles. The van der Waals surface area contributed by atoms with Crippen molar-refractivity contribution >= 4 is 23.3 Å². The molecule has 0 unspecified atom stereocenters. The Hall–Kier alpha value is -2.61. The summed E-state index contributed by atoms with van der Waals surface area (Å²) in [6.45, 7) is 9.80. The van der Waals surface area contributed by atoms with Crippen molar-refractivity contribution in [3.63, 3.8) is 0 Å². The third-order valence-corrected chi connectivity index (χ3v) is 5.20. The van der Waals surface area contributed by atoms with Crippen molar-refractivity contribution < 1.29 is 19.1 Å². The van der Waals surface area contributed by atoms with Gasteiger partial charge in [-0.3, -0.25) is 4.79 Å². The summed E-state index contributed by atoms with van der Waals surface area (Å²) >= 11 is 1.59. The molecule has 0 aliphatic carbocycles. The van der Waals surface area contributed by atoms with Crippen molar-refractivity contribution in [2.24, 2.45) is 0 Å². The summed E-state index contributed by atoms with van der Waals surface area (Å²) in [5, 5.41) is 2.99. The van der Waals surface area contributed by atoms with Gasteiger partial charge in [0.05, 0.1) is 10.7 Å². The van der Waals surface area contributed by atoms with Crippen LogP contribution < -0.4 is 4.74 Å². The Morgan fingerprint density at radius 3 is 2.24 bits per heavy atom. The first-order valence-electron chi connectivity index (χ1n) is 9.62. The Labute approximate surface area is 175 Å². The molecule has 1 aliphatic rings. The van der Waals surface area contributed by atoms with Crippen LogP contribution in [-0.4, -0.2) is 58.6 Å². The van der Waals surface area contributed by atoms with Crippen LogP contribution in [0.3, 0.4) is 0 Å². The molecule has 1 fully saturated rings. The van der Waals surface area contributed by atoms with Gasteiger partial charge in [0.1, 0.15) is 18.0 Å². The van der Waals surface area contributed by atoms with Crippen LogP contribution in [0.2, 0.25) is 0 Å². The minimum atomic E-state index is -0.522. The second kappa shape index (κ2) is 8.82. The lowest BCUT2D eigenvalue weighted by Crippen LogP contribution is -2.51. The van der Waals surface area contributed by atoms with Crippen LogP contribution in [0.5, 0.6) is 5.75 Å². The van der Waals surface area contributed by atoms with E-state index < -0.39 is 5.60 Å². The predicted octanol–water partition coefficient (Wildman–Crippen LogP) is 3.72. The monoisotopic (exact) mass is 417 g/mol. The maximum Gasteiger partial charge on any atom is 0.410 e. The highest BCUT2D eigenvalue weighted by atomic mass is 32.1. The highest BCUT2D eigenvalue weighted by molar-refractivity contribution is 7.09. The van der Waals surface area contributed by atoms with Gasteiger partial charge < -0.3 is 19.3 Å². The molecular formula is C21H27N3O4S. The number of thiazole rings is 1. The fraction of sp³-hybridized carbons (Fsp3) is 0.476. The first-order valence-corrected chi connectivity index (χ1v) is 10.5. The quantitative estimate of drug-likeness (QED) is 0.758. The molecule has 156 valence electrons. The van der Waals surface area contributed by atoms with E-state index in [0.29, 0.717) is 44.1 Å². The number of ether oxygens (including phenoxy) is 2. The highest BCUT2D eigenvalue weighted by Gasteiger charge is 2.28. The largest absolute Gasteiger partial charge is 0.487 e. The second-order valence-electron chi connectivity index (χ2n) is 7.93. The first-order chi connectivity index (χ1) is 13.7. The Bertz CT molecular complexity index is 850. The van der Waals surface area contributed by atoms with E-state index in [2.05, 4.69) is 4.98 Å². The molecule has 0 bridgehead atoms. The molecule has 2 amide bonds. The minimum absolute atomic E-state index is 0.0458. The summed E-state index contributed by atoms with van der Waals surface area (Å²) in [5.74, 6) is 0.650. The van der Waals surface area contributed by atoms with Gasteiger partial charge in [-0.05, 0) is 52.0 Å². The zero-order valence-electron chi connectivity index (χ0n) is 17.3. The predicted molar refractivity (Wildman–Crippen MR) is 111 cm³/mol. The number of carbonyl (C=O) groups is 2. The summed E-state index contributed by atoms with van der Waals surface area (Å²) in [6.07, 6.45) is -0.332. The molecule has 1 aromatic carbocycles. The number of benzene rings is 1. The fourth-order valence-corrected chi connectivity index (χ4v) is 3.52. The molecule has 3 rings (SSSR count). The lowest BCUT2D eigenvalue weighted by Gasteiger charge is -2.35. The van der Waals surface area contributed by atoms with E-state index >= 15 is 0 Å². The maximum absolute atomic E-state index is 12.7. The molecule has 2 heterocycles. The van der Waals surface area contributed by atoms with Gasteiger partial charge in [-0.2, -0.15) is 0 Å². The van der Waals surface area contributed by atoms with E-state index in [1.54, 1.807) is 45.4 Å². The molecule has 8 heteroatoms. The van der Waals surface area contributed by atoms with Crippen LogP contribution in [0, 0.1) is 6.92 Å². The van der Waals surface area contributed by atoms with E-state index in [1.807, 2.05) is 33.1 Å². The number of piperazine rings is 1. The van der Waals surface area contributed by atoms with Crippen LogP contribution in [0.25, 0.3) is 0 Å². The molecule has 0 N–H and O–H groups in total. The minimum Gasteiger partial charge on any atom is -0.487 e. The highest BCUT2D eigenvalue weighted by Crippen LogP contribution is 2.18. The summed E-state index contributed by atoms with van der Waals surface area (Å²) < 4.78 is 11.1. The molecule has 1 aliphatic heterocycles. The number of hydrogen-bond donors (Lipinski definition) is 0. The van der Waals surface area contributed by atoms with E-state index in [1.165, 1.54) is 0 Å². The van der Waals surface area contributed by atoms with Crippen molar-refractivity contribution in [2.75, 3.05) is 26.2 Å². The van der Waals surface area contributed by atoms with Crippen LogP contribution in [-0.2, 0) is 11.3 Å². The second-order valence-corrected chi connectivity index (χ2v) is 8.99. The molecule has 0 spiro atoms. The summed E-state index contributed by atoms with van der Waals surface area (Å²) in [4.78, 5) is 32.7. The van der Waals surface area contributed by atoms with E-state index in [4.69, 9.17) is 9.47 Å². The molecule has 1 aromatic heterocycles. The van der Waals surface area contributed by atoms with Crippen LogP contribution in [0.1, 0.15) is 41.8 Å². The topological polar surface area (TPSA) is 72.0 Å². The van der Waals surface area contributed by atoms with Crippen LogP contribution in [0.4, 0.5) is 4.79 Å². The number of rotatable bonds is 4. The van der Waals surface area contributed by atoms with Crippen LogP contribution in [0.15, 0.2) is 29.6 Å². The Morgan fingerprint density at radius 1 is 1.07 bits per heavy atom. The molecule has 7 nitrogen and oxygen atoms in total. The van der Waals surface area contributed by atoms with Crippen molar-refractivity contribution in [3.8, 4) is 5.75 Å². The van der Waals surface area contributed by atoms with Crippen molar-refractivity contribution in [1.29, 1.82) is 0 Å². The standard InChI is InChI=1S/C21H27N3O4S/c1-15-22-17(14-29-15)13-27-18-7-5-16(6-8-18)19(25)23-9-11-24(12-10-23)20(26)28-21(2,3)4/h5-8,14H,9-13H2,1-4H3. The van der Waals surface area contributed by atoms with Gasteiger partial charge in [-0.25, -0.2) is 9.78 Å². The normalized spacial score (nSPS) is 14.6. The number of aromatic nitrogens is 1. The molecule has 0 radical (unpaired) electrons. The molecular weight excluding hydrogens is 390 g/mol. The summed E-state index contributed by atoms with van der Waals surface area (Å²) in [7, 11) is 0. The molecule has 1 saturated heterocycles. The third kappa shape index (κ3) is 5.93. The van der Waals surface area contributed by atoms with Gasteiger partial charge in [-0.1, -0.05) is 0 Å². The number of amides is 2. The third-order valence-electron chi connectivity index (χ3n) is 4.37. The van der Waals surface area contributed by atoms with Gasteiger partial charge in [0, 0.05) is 37.1 Å². The number of carbonyl (C=O) groups excluding carboxylic acids is 2. The fourth-order valence-electron chi connectivity index (χ4n) is 2.93. The van der Waals surface area contributed by atoms with Gasteiger partial charge >= 0.3 is 6.09 Å². The van der Waals surface area contributed by atoms with Gasteiger partial charge in [0.15, 0.2) is 0 Å². The SMILES string of the molecule is Cc1nc(COc2ccc(C(=O)N3CCN(C(=O)OC(C)(C)C)CC3)cc2)cs1. The van der Waals surface area contributed by atoms with Crippen molar-refractivity contribution in [3.05, 3.63) is 45.9 Å². The summed E-state index contributed by atoms with van der Waals surface area (Å²) in [5.41, 5.74) is 0.981. The average Bonchev–Trinajstić information content (AvgIpc) is 3.10. The molecule has 0 atom stereocenters. The number of hydrogen-bond acceptors (Lipinski definition) is 6. The number of nitrogens with zero attached hydrogens (tertiary/aromatic N) is 3. The zero-order chi connectivity index (χ0) is 21.0. The zero-order valence-corrected chi connectivity index (χ0v) is 18.1. The van der Waals surface area contributed by atoms with Gasteiger partial charge in [0.2, 0.25) is 0 Å². The average molecular weight is 418 g/mol. The lowest BCUT2D eigenvalue weighted by atomic mass is 10.1. The summed E-state index contributed by atoms with van der Waals surface area (Å²) in [6, 6.07) is 7.13. The Morgan fingerprint density at radius 2 is 1.69 bits per heavy atom. The number of aryl methyl sites for hydroxylation is 1. The molecule has 2 aromatic rings. The first kappa shape index (κ1) is 21.1. The van der Waals surface area contributed by atoms with Crippen molar-refractivity contribution in [2.45, 2.75) is 39.9 Å². The van der Waals surface area contributed by atoms with E-state index in [0.717, 1.165) is 10.7 Å². The Kier molecular flexibility index (Phi) is 6.42. The Balaban J connectivity index is 1.50. The van der Waals surface area contributed by atoms with Crippen LogP contribution >= 0.6 is 11.3 Å². The maximum atomic E-state index is 12.7.